The summed E-state index contributed by atoms with van der Waals surface area (Å²) in [7, 11) is -1.65. The molecule has 0 N–H and O–H groups in total. The second-order valence-corrected chi connectivity index (χ2v) is 11.1. The molecule has 1 heterocycles. The minimum absolute atomic E-state index is 0.233. The van der Waals surface area contributed by atoms with E-state index >= 15 is 0 Å². The number of fused-ring (bicyclic) bond motifs is 1. The average Bonchev–Trinajstić information content (AvgIpc) is 3.00. The number of sulfonamides is 1. The Hall–Kier alpha value is -1.07. The summed E-state index contributed by atoms with van der Waals surface area (Å²) in [5, 5.41) is 0. The van der Waals surface area contributed by atoms with Crippen LogP contribution in [0.25, 0.3) is 0 Å². The Morgan fingerprint density at radius 3 is 2.40 bits per heavy atom. The lowest BCUT2D eigenvalue weighted by Gasteiger charge is -2.57. The Balaban J connectivity index is 1.39. The van der Waals surface area contributed by atoms with Gasteiger partial charge in [0.05, 0.1) is 11.5 Å². The van der Waals surface area contributed by atoms with Gasteiger partial charge in [-0.25, -0.2) is 12.7 Å². The van der Waals surface area contributed by atoms with E-state index in [1.54, 1.807) is 17.4 Å². The highest BCUT2D eigenvalue weighted by Gasteiger charge is 2.51. The predicted octanol–water partition coefficient (Wildman–Crippen LogP) is 3.46. The lowest BCUT2D eigenvalue weighted by Crippen LogP contribution is -2.51. The summed E-state index contributed by atoms with van der Waals surface area (Å²) in [5.41, 5.74) is 1.25. The number of hydrogen-bond donors (Lipinski definition) is 0. The Kier molecular flexibility index (Phi) is 3.52. The van der Waals surface area contributed by atoms with Crippen molar-refractivity contribution in [2.24, 2.45) is 23.2 Å². The highest BCUT2D eigenvalue weighted by atomic mass is 32.2. The summed E-state index contributed by atoms with van der Waals surface area (Å²) < 4.78 is 33.4. The van der Waals surface area contributed by atoms with Crippen LogP contribution < -0.4 is 4.74 Å². The second-order valence-electron chi connectivity index (χ2n) is 9.05. The van der Waals surface area contributed by atoms with Gasteiger partial charge >= 0.3 is 0 Å². The molecule has 0 aromatic heterocycles. The van der Waals surface area contributed by atoms with Crippen LogP contribution in [0, 0.1) is 23.2 Å². The predicted molar refractivity (Wildman–Crippen MR) is 96.1 cm³/mol. The lowest BCUT2D eigenvalue weighted by atomic mass is 9.49. The molecule has 1 aliphatic heterocycles. The molecule has 0 unspecified atom stereocenters. The first-order valence-electron chi connectivity index (χ1n) is 9.66. The first-order valence-corrected chi connectivity index (χ1v) is 11.1. The van der Waals surface area contributed by atoms with Gasteiger partial charge in [0.25, 0.3) is 0 Å². The maximum atomic E-state index is 13.1. The Morgan fingerprint density at radius 1 is 1.12 bits per heavy atom. The number of hydrogen-bond acceptors (Lipinski definition) is 3. The standard InChI is InChI=1S/C20H27NO3S/c1-21(13-20-10-14-6-15(11-20)8-16(7-14)12-20)25(22,23)18-2-3-19-17(9-18)4-5-24-19/h2-3,9,14-16H,4-8,10-13H2,1H3. The quantitative estimate of drug-likeness (QED) is 0.825. The first-order chi connectivity index (χ1) is 11.9. The van der Waals surface area contributed by atoms with Crippen LogP contribution in [0.15, 0.2) is 23.1 Å². The summed E-state index contributed by atoms with van der Waals surface area (Å²) in [6.45, 7) is 1.34. The van der Waals surface area contributed by atoms with Gasteiger partial charge in [-0.1, -0.05) is 0 Å². The third kappa shape index (κ3) is 2.62. The lowest BCUT2D eigenvalue weighted by molar-refractivity contribution is -0.0583. The van der Waals surface area contributed by atoms with E-state index in [0.29, 0.717) is 18.0 Å². The molecule has 0 atom stereocenters. The van der Waals surface area contributed by atoms with Crippen molar-refractivity contribution in [2.45, 2.75) is 49.8 Å². The highest BCUT2D eigenvalue weighted by molar-refractivity contribution is 7.89. The monoisotopic (exact) mass is 361 g/mol. The zero-order valence-electron chi connectivity index (χ0n) is 14.9. The van der Waals surface area contributed by atoms with Crippen molar-refractivity contribution >= 4 is 10.0 Å². The van der Waals surface area contributed by atoms with Crippen molar-refractivity contribution in [3.8, 4) is 5.75 Å². The molecule has 4 fully saturated rings. The van der Waals surface area contributed by atoms with Gasteiger partial charge in [-0.05, 0) is 85.5 Å². The Bertz CT molecular complexity index is 766. The molecule has 0 amide bonds. The van der Waals surface area contributed by atoms with Crippen LogP contribution in [-0.2, 0) is 16.4 Å². The second kappa shape index (κ2) is 5.46. The van der Waals surface area contributed by atoms with Crippen LogP contribution in [-0.4, -0.2) is 32.9 Å². The van der Waals surface area contributed by atoms with Crippen molar-refractivity contribution in [1.29, 1.82) is 0 Å². The van der Waals surface area contributed by atoms with E-state index in [9.17, 15) is 8.42 Å². The van der Waals surface area contributed by atoms with Gasteiger partial charge in [-0.15, -0.1) is 0 Å². The molecule has 136 valence electrons. The summed E-state index contributed by atoms with van der Waals surface area (Å²) in [5.74, 6) is 3.38. The van der Waals surface area contributed by atoms with Crippen LogP contribution >= 0.6 is 0 Å². The van der Waals surface area contributed by atoms with E-state index < -0.39 is 10.0 Å². The van der Waals surface area contributed by atoms with E-state index in [-0.39, 0.29) is 5.41 Å². The van der Waals surface area contributed by atoms with Crippen LogP contribution in [0.2, 0.25) is 0 Å². The fourth-order valence-corrected chi connectivity index (χ4v) is 7.88. The zero-order chi connectivity index (χ0) is 17.2. The van der Waals surface area contributed by atoms with Gasteiger partial charge in [0, 0.05) is 20.0 Å². The summed E-state index contributed by atoms with van der Waals surface area (Å²) in [4.78, 5) is 0.420. The molecule has 4 nitrogen and oxygen atoms in total. The molecule has 4 bridgehead atoms. The van der Waals surface area contributed by atoms with Crippen LogP contribution in [0.3, 0.4) is 0 Å². The van der Waals surface area contributed by atoms with Gasteiger partial charge in [0.1, 0.15) is 5.75 Å². The van der Waals surface area contributed by atoms with E-state index in [0.717, 1.165) is 35.5 Å². The Morgan fingerprint density at radius 2 is 1.76 bits per heavy atom. The maximum absolute atomic E-state index is 13.1. The summed E-state index contributed by atoms with van der Waals surface area (Å²) >= 11 is 0. The summed E-state index contributed by atoms with van der Waals surface area (Å²) in [6.07, 6.45) is 8.67. The molecule has 1 aromatic rings. The molecule has 0 saturated heterocycles. The third-order valence-electron chi connectivity index (χ3n) is 7.09. The third-order valence-corrected chi connectivity index (χ3v) is 8.89. The molecule has 0 radical (unpaired) electrons. The molecule has 1 aromatic carbocycles. The topological polar surface area (TPSA) is 46.6 Å². The zero-order valence-corrected chi connectivity index (χ0v) is 15.7. The number of rotatable bonds is 4. The normalized spacial score (nSPS) is 35.8. The van der Waals surface area contributed by atoms with Crippen molar-refractivity contribution in [2.75, 3.05) is 20.2 Å². The van der Waals surface area contributed by atoms with Gasteiger partial charge in [-0.3, -0.25) is 0 Å². The van der Waals surface area contributed by atoms with Crippen molar-refractivity contribution in [3.63, 3.8) is 0 Å². The number of benzene rings is 1. The average molecular weight is 362 g/mol. The van der Waals surface area contributed by atoms with Gasteiger partial charge in [-0.2, -0.15) is 0 Å². The minimum Gasteiger partial charge on any atom is -0.493 e. The molecule has 0 spiro atoms. The van der Waals surface area contributed by atoms with Crippen LogP contribution in [0.5, 0.6) is 5.75 Å². The SMILES string of the molecule is CN(CC12CC3CC(CC(C3)C1)C2)S(=O)(=O)c1ccc2c(c1)CCO2. The molecular weight excluding hydrogens is 334 g/mol. The van der Waals surface area contributed by atoms with Crippen molar-refractivity contribution < 1.29 is 13.2 Å². The smallest absolute Gasteiger partial charge is 0.242 e. The molecule has 5 aliphatic rings. The first kappa shape index (κ1) is 16.1. The van der Waals surface area contributed by atoms with Gasteiger partial charge in [0.15, 0.2) is 0 Å². The number of ether oxygens (including phenoxy) is 1. The van der Waals surface area contributed by atoms with Crippen LogP contribution in [0.1, 0.15) is 44.1 Å². The fourth-order valence-electron chi connectivity index (χ4n) is 6.54. The highest BCUT2D eigenvalue weighted by Crippen LogP contribution is 2.60. The fraction of sp³-hybridized carbons (Fsp3) is 0.700. The van der Waals surface area contributed by atoms with Crippen molar-refractivity contribution in [3.05, 3.63) is 23.8 Å². The molecule has 4 aliphatic carbocycles. The molecule has 4 saturated carbocycles. The van der Waals surface area contributed by atoms with E-state index in [4.69, 9.17) is 4.74 Å². The Labute approximate surface area is 150 Å². The maximum Gasteiger partial charge on any atom is 0.242 e. The molecular formula is C20H27NO3S. The molecule has 5 heteroatoms. The minimum atomic E-state index is -3.43. The van der Waals surface area contributed by atoms with E-state index in [2.05, 4.69) is 0 Å². The molecule has 25 heavy (non-hydrogen) atoms. The van der Waals surface area contributed by atoms with Crippen molar-refractivity contribution in [1.82, 2.24) is 4.31 Å². The summed E-state index contributed by atoms with van der Waals surface area (Å²) in [6, 6.07) is 5.33. The van der Waals surface area contributed by atoms with E-state index in [1.807, 2.05) is 12.1 Å². The number of nitrogens with zero attached hydrogens (tertiary/aromatic N) is 1. The largest absolute Gasteiger partial charge is 0.493 e. The van der Waals surface area contributed by atoms with Gasteiger partial charge in [0.2, 0.25) is 10.0 Å². The van der Waals surface area contributed by atoms with E-state index in [1.165, 1.54) is 38.5 Å². The van der Waals surface area contributed by atoms with Gasteiger partial charge < -0.3 is 4.74 Å². The van der Waals surface area contributed by atoms with Crippen LogP contribution in [0.4, 0.5) is 0 Å². The molecule has 6 rings (SSSR count).